The Morgan fingerprint density at radius 1 is 1.61 bits per heavy atom. The van der Waals surface area contributed by atoms with Crippen LogP contribution >= 0.6 is 0 Å². The van der Waals surface area contributed by atoms with Crippen LogP contribution in [0.3, 0.4) is 0 Å². The molecule has 94 valence electrons. The van der Waals surface area contributed by atoms with Crippen molar-refractivity contribution in [2.75, 3.05) is 0 Å². The first kappa shape index (κ1) is 13.6. The minimum Gasteiger partial charge on any atom is -0.425 e. The normalized spacial score (nSPS) is 11.4. The van der Waals surface area contributed by atoms with E-state index < -0.39 is 16.8 Å². The Bertz CT molecular complexity index is 519. The number of ether oxygens (including phenoxy) is 1. The second-order valence-corrected chi connectivity index (χ2v) is 3.72. The van der Waals surface area contributed by atoms with E-state index in [1.54, 1.807) is 13.8 Å². The molecule has 0 N–H and O–H groups in total. The maximum Gasteiger partial charge on any atom is 0.328 e. The summed E-state index contributed by atoms with van der Waals surface area (Å²) in [6, 6.07) is 5.76. The van der Waals surface area contributed by atoms with Crippen molar-refractivity contribution in [3.05, 3.63) is 33.9 Å². The number of nitriles is 1. The van der Waals surface area contributed by atoms with E-state index in [0.717, 1.165) is 0 Å². The van der Waals surface area contributed by atoms with Crippen LogP contribution in [0.15, 0.2) is 18.2 Å². The molecule has 0 saturated heterocycles. The minimum absolute atomic E-state index is 0.0698. The molecule has 0 aliphatic carbocycles. The van der Waals surface area contributed by atoms with Crippen LogP contribution in [0.1, 0.15) is 18.9 Å². The molecule has 0 spiro atoms. The highest BCUT2D eigenvalue weighted by Gasteiger charge is 2.19. The zero-order valence-corrected chi connectivity index (χ0v) is 10.0. The lowest BCUT2D eigenvalue weighted by Gasteiger charge is -2.09. The van der Waals surface area contributed by atoms with Gasteiger partial charge in [-0.25, -0.2) is 0 Å². The third kappa shape index (κ3) is 3.04. The van der Waals surface area contributed by atoms with E-state index >= 15 is 0 Å². The van der Waals surface area contributed by atoms with Crippen molar-refractivity contribution < 1.29 is 14.5 Å². The molecule has 1 aromatic rings. The number of esters is 1. The van der Waals surface area contributed by atoms with Crippen molar-refractivity contribution in [1.29, 1.82) is 5.26 Å². The maximum atomic E-state index is 11.6. The molecule has 1 aromatic carbocycles. The van der Waals surface area contributed by atoms with Gasteiger partial charge in [-0.1, -0.05) is 6.92 Å². The number of nitrogens with zero attached hydrogens (tertiary/aromatic N) is 2. The monoisotopic (exact) mass is 248 g/mol. The molecule has 0 aromatic heterocycles. The Hall–Kier alpha value is -2.42. The molecule has 6 heteroatoms. The fraction of sp³-hybridized carbons (Fsp3) is 0.333. The molecular formula is C12H12N2O4. The first-order valence-corrected chi connectivity index (χ1v) is 5.36. The second kappa shape index (κ2) is 5.77. The van der Waals surface area contributed by atoms with E-state index in [0.29, 0.717) is 12.0 Å². The Kier molecular flexibility index (Phi) is 4.38. The van der Waals surface area contributed by atoms with Gasteiger partial charge in [0.2, 0.25) is 0 Å². The number of rotatable bonds is 4. The van der Waals surface area contributed by atoms with Crippen LogP contribution in [0.25, 0.3) is 0 Å². The van der Waals surface area contributed by atoms with E-state index in [9.17, 15) is 14.9 Å². The number of carbonyl (C=O) groups is 1. The lowest BCUT2D eigenvalue weighted by Crippen LogP contribution is -2.18. The van der Waals surface area contributed by atoms with E-state index in [2.05, 4.69) is 0 Å². The number of carbonyl (C=O) groups excluding carboxylic acids is 1. The first-order chi connectivity index (χ1) is 8.49. The van der Waals surface area contributed by atoms with Gasteiger partial charge in [0.25, 0.3) is 5.69 Å². The van der Waals surface area contributed by atoms with Crippen molar-refractivity contribution in [2.45, 2.75) is 20.3 Å². The molecule has 0 aliphatic heterocycles. The zero-order valence-electron chi connectivity index (χ0n) is 10.0. The summed E-state index contributed by atoms with van der Waals surface area (Å²) < 4.78 is 5.04. The van der Waals surface area contributed by atoms with E-state index in [-0.39, 0.29) is 11.4 Å². The molecule has 0 saturated carbocycles. The molecule has 1 unspecified atom stereocenters. The summed E-state index contributed by atoms with van der Waals surface area (Å²) in [6.07, 6.45) is 0.362. The number of non-ortho nitro benzene ring substituents is 1. The summed E-state index contributed by atoms with van der Waals surface area (Å²) in [5.74, 6) is -1.23. The van der Waals surface area contributed by atoms with Crippen LogP contribution in [0.5, 0.6) is 5.75 Å². The number of benzene rings is 1. The summed E-state index contributed by atoms with van der Waals surface area (Å²) >= 11 is 0. The summed E-state index contributed by atoms with van der Waals surface area (Å²) in [5.41, 5.74) is 0.407. The quantitative estimate of drug-likeness (QED) is 0.353. The smallest absolute Gasteiger partial charge is 0.328 e. The molecule has 0 radical (unpaired) electrons. The first-order valence-electron chi connectivity index (χ1n) is 5.36. The van der Waals surface area contributed by atoms with Crippen molar-refractivity contribution in [1.82, 2.24) is 0 Å². The minimum atomic E-state index is -0.820. The number of hydrogen-bond acceptors (Lipinski definition) is 5. The molecule has 1 rings (SSSR count). The molecule has 0 heterocycles. The molecule has 18 heavy (non-hydrogen) atoms. The average molecular weight is 248 g/mol. The lowest BCUT2D eigenvalue weighted by molar-refractivity contribution is -0.384. The third-order valence-electron chi connectivity index (χ3n) is 2.43. The lowest BCUT2D eigenvalue weighted by atomic mass is 10.1. The van der Waals surface area contributed by atoms with E-state index in [4.69, 9.17) is 10.00 Å². The number of hydrogen-bond donors (Lipinski definition) is 0. The van der Waals surface area contributed by atoms with Crippen LogP contribution in [-0.2, 0) is 4.79 Å². The van der Waals surface area contributed by atoms with E-state index in [1.807, 2.05) is 6.07 Å². The Balaban J connectivity index is 2.90. The predicted molar refractivity (Wildman–Crippen MR) is 62.9 cm³/mol. The van der Waals surface area contributed by atoms with Gasteiger partial charge in [-0.05, 0) is 25.0 Å². The standard InChI is InChI=1S/C12H12N2O4/c1-3-9(7-13)12(15)18-11-5-4-10(14(16)17)6-8(11)2/h4-6,9H,3H2,1-2H3. The SMILES string of the molecule is CCC(C#N)C(=O)Oc1ccc([N+](=O)[O-])cc1C. The van der Waals surface area contributed by atoms with Gasteiger partial charge in [-0.15, -0.1) is 0 Å². The molecule has 1 atom stereocenters. The van der Waals surface area contributed by atoms with Crippen LogP contribution < -0.4 is 4.74 Å². The highest BCUT2D eigenvalue weighted by Crippen LogP contribution is 2.24. The summed E-state index contributed by atoms with van der Waals surface area (Å²) in [5, 5.41) is 19.3. The van der Waals surface area contributed by atoms with Gasteiger partial charge in [0.1, 0.15) is 11.7 Å². The zero-order chi connectivity index (χ0) is 13.7. The molecule has 6 nitrogen and oxygen atoms in total. The Morgan fingerprint density at radius 2 is 2.28 bits per heavy atom. The van der Waals surface area contributed by atoms with E-state index in [1.165, 1.54) is 18.2 Å². The van der Waals surface area contributed by atoms with Gasteiger partial charge in [-0.3, -0.25) is 14.9 Å². The topological polar surface area (TPSA) is 93.2 Å². The Morgan fingerprint density at radius 3 is 2.72 bits per heavy atom. The number of nitro benzene ring substituents is 1. The largest absolute Gasteiger partial charge is 0.425 e. The summed E-state index contributed by atoms with van der Waals surface area (Å²) in [6.45, 7) is 3.31. The number of nitro groups is 1. The highest BCUT2D eigenvalue weighted by atomic mass is 16.6. The number of aryl methyl sites for hydroxylation is 1. The highest BCUT2D eigenvalue weighted by molar-refractivity contribution is 5.78. The molecule has 0 amide bonds. The Labute approximate surface area is 104 Å². The summed E-state index contributed by atoms with van der Waals surface area (Å²) in [7, 11) is 0. The summed E-state index contributed by atoms with van der Waals surface area (Å²) in [4.78, 5) is 21.6. The van der Waals surface area contributed by atoms with Crippen molar-refractivity contribution >= 4 is 11.7 Å². The maximum absolute atomic E-state index is 11.6. The van der Waals surface area contributed by atoms with Gasteiger partial charge >= 0.3 is 5.97 Å². The van der Waals surface area contributed by atoms with Gasteiger partial charge in [0, 0.05) is 12.1 Å². The van der Waals surface area contributed by atoms with Crippen molar-refractivity contribution in [2.24, 2.45) is 5.92 Å². The van der Waals surface area contributed by atoms with Crippen LogP contribution in [0.2, 0.25) is 0 Å². The third-order valence-corrected chi connectivity index (χ3v) is 2.43. The van der Waals surface area contributed by atoms with Gasteiger partial charge in [-0.2, -0.15) is 5.26 Å². The fourth-order valence-electron chi connectivity index (χ4n) is 1.35. The average Bonchev–Trinajstić information content (AvgIpc) is 2.33. The molecule has 0 aliphatic rings. The predicted octanol–water partition coefficient (Wildman–Crippen LogP) is 2.36. The van der Waals surface area contributed by atoms with Gasteiger partial charge in [0.05, 0.1) is 11.0 Å². The van der Waals surface area contributed by atoms with Gasteiger partial charge in [0.15, 0.2) is 0 Å². The van der Waals surface area contributed by atoms with Crippen LogP contribution in [0.4, 0.5) is 5.69 Å². The van der Waals surface area contributed by atoms with Crippen LogP contribution in [-0.4, -0.2) is 10.9 Å². The second-order valence-electron chi connectivity index (χ2n) is 3.72. The molecule has 0 fully saturated rings. The van der Waals surface area contributed by atoms with Crippen molar-refractivity contribution in [3.63, 3.8) is 0 Å². The fourth-order valence-corrected chi connectivity index (χ4v) is 1.35. The van der Waals surface area contributed by atoms with Crippen LogP contribution in [0, 0.1) is 34.3 Å². The van der Waals surface area contributed by atoms with Crippen molar-refractivity contribution in [3.8, 4) is 11.8 Å². The van der Waals surface area contributed by atoms with Gasteiger partial charge < -0.3 is 4.74 Å². The molecular weight excluding hydrogens is 236 g/mol. The molecule has 0 bridgehead atoms.